The summed E-state index contributed by atoms with van der Waals surface area (Å²) in [4.78, 5) is 22.0. The van der Waals surface area contributed by atoms with Gasteiger partial charge < -0.3 is 0 Å². The minimum atomic E-state index is -0.520. The third-order valence-corrected chi connectivity index (χ3v) is 1.76. The Hall–Kier alpha value is -1.77. The van der Waals surface area contributed by atoms with Gasteiger partial charge in [-0.3, -0.25) is 0 Å². The predicted octanol–water partition coefficient (Wildman–Crippen LogP) is 1.65. The summed E-state index contributed by atoms with van der Waals surface area (Å²) in [5.74, 6) is -0.520. The van der Waals surface area contributed by atoms with Crippen molar-refractivity contribution < 1.29 is 9.55 Å². The molecule has 1 aromatic rings. The Morgan fingerprint density at radius 1 is 1.08 bits per heavy atom. The summed E-state index contributed by atoms with van der Waals surface area (Å²) in [6.45, 7) is 0. The van der Waals surface area contributed by atoms with Crippen molar-refractivity contribution in [2.75, 3.05) is 0 Å². The van der Waals surface area contributed by atoms with Crippen molar-refractivity contribution in [3.8, 4) is 0 Å². The number of amides is 1. The molecule has 0 saturated heterocycles. The number of benzene rings is 1. The molecule has 1 aliphatic rings. The van der Waals surface area contributed by atoms with Crippen LogP contribution in [0.3, 0.4) is 0 Å². The lowest BCUT2D eigenvalue weighted by Crippen LogP contribution is -2.13. The van der Waals surface area contributed by atoms with Gasteiger partial charge in [0, 0.05) is 11.0 Å². The third-order valence-electron chi connectivity index (χ3n) is 1.76. The van der Waals surface area contributed by atoms with E-state index in [-0.39, 0.29) is 0 Å². The quantitative estimate of drug-likeness (QED) is 0.541. The highest BCUT2D eigenvalue weighted by Crippen LogP contribution is 2.23. The molecule has 12 heavy (non-hydrogen) atoms. The largest absolute Gasteiger partial charge is 0.464 e. The van der Waals surface area contributed by atoms with Gasteiger partial charge >= 0.3 is 5.91 Å². The van der Waals surface area contributed by atoms with E-state index in [4.69, 9.17) is 0 Å². The molecule has 0 unspecified atom stereocenters. The van der Waals surface area contributed by atoms with Gasteiger partial charge in [-0.1, -0.05) is 12.1 Å². The van der Waals surface area contributed by atoms with E-state index < -0.39 is 5.91 Å². The zero-order valence-electron chi connectivity index (χ0n) is 6.23. The van der Waals surface area contributed by atoms with Crippen LogP contribution in [0, 0.1) is 4.91 Å². The van der Waals surface area contributed by atoms with E-state index in [9.17, 15) is 9.70 Å². The van der Waals surface area contributed by atoms with Crippen molar-refractivity contribution in [1.82, 2.24) is 0 Å². The number of para-hydroxylation sites is 1. The summed E-state index contributed by atoms with van der Waals surface area (Å²) in [6, 6.07) is 6.98. The van der Waals surface area contributed by atoms with Crippen molar-refractivity contribution in [3.63, 3.8) is 0 Å². The Labute approximate surface area is 68.9 Å². The molecular weight excluding hydrogens is 154 g/mol. The fourth-order valence-corrected chi connectivity index (χ4v) is 1.16. The molecule has 1 amide bonds. The molecule has 0 radical (unpaired) electrons. The van der Waals surface area contributed by atoms with Crippen molar-refractivity contribution in [3.05, 3.63) is 40.8 Å². The van der Waals surface area contributed by atoms with Crippen LogP contribution in [0.4, 0.5) is 5.69 Å². The number of hydrogen-bond acceptors (Lipinski definition) is 2. The van der Waals surface area contributed by atoms with Gasteiger partial charge in [0.1, 0.15) is 4.76 Å². The second-order valence-corrected chi connectivity index (χ2v) is 2.52. The van der Waals surface area contributed by atoms with Gasteiger partial charge in [-0.2, -0.15) is 0 Å². The minimum Gasteiger partial charge on any atom is -0.210 e. The number of nitrogens with zero attached hydrogens (tertiary/aromatic N) is 1. The Kier molecular flexibility index (Phi) is 1.37. The first-order valence-corrected chi connectivity index (χ1v) is 3.57. The molecule has 0 spiro atoms. The van der Waals surface area contributed by atoms with Crippen molar-refractivity contribution in [2.24, 2.45) is 0 Å². The van der Waals surface area contributed by atoms with E-state index in [0.717, 1.165) is 5.56 Å². The first kappa shape index (κ1) is 6.91. The van der Waals surface area contributed by atoms with Crippen LogP contribution in [0.5, 0.6) is 0 Å². The maximum absolute atomic E-state index is 11.1. The van der Waals surface area contributed by atoms with Crippen LogP contribution in [-0.2, 0) is 4.79 Å². The molecule has 0 bridgehead atoms. The van der Waals surface area contributed by atoms with Crippen LogP contribution in [-0.4, -0.2) is 10.7 Å². The molecule has 3 heteroatoms. The van der Waals surface area contributed by atoms with Crippen molar-refractivity contribution >= 4 is 17.7 Å². The lowest BCUT2D eigenvalue weighted by molar-refractivity contribution is -0.381. The first-order valence-electron chi connectivity index (χ1n) is 3.57. The smallest absolute Gasteiger partial charge is 0.210 e. The second kappa shape index (κ2) is 2.37. The SMILES string of the molecule is O=C1C=Cc2ccccc2[N+]1=O. The molecule has 0 saturated carbocycles. The van der Waals surface area contributed by atoms with Gasteiger partial charge in [0.2, 0.25) is 0 Å². The van der Waals surface area contributed by atoms with Gasteiger partial charge in [0.25, 0.3) is 5.69 Å². The normalized spacial score (nSPS) is 14.7. The van der Waals surface area contributed by atoms with Crippen LogP contribution in [0.15, 0.2) is 30.3 Å². The van der Waals surface area contributed by atoms with Crippen LogP contribution < -0.4 is 0 Å². The van der Waals surface area contributed by atoms with E-state index in [1.54, 1.807) is 24.3 Å². The maximum Gasteiger partial charge on any atom is 0.464 e. The highest BCUT2D eigenvalue weighted by atomic mass is 16.3. The van der Waals surface area contributed by atoms with E-state index in [0.29, 0.717) is 10.4 Å². The zero-order valence-corrected chi connectivity index (χ0v) is 6.23. The van der Waals surface area contributed by atoms with Gasteiger partial charge in [-0.15, -0.1) is 0 Å². The molecule has 58 valence electrons. The van der Waals surface area contributed by atoms with E-state index in [1.165, 1.54) is 6.08 Å². The standard InChI is InChI=1S/C9H6NO2/c11-9-6-5-7-3-1-2-4-8(7)10(9)12/h1-6H/q+1. The van der Waals surface area contributed by atoms with Crippen LogP contribution in [0.25, 0.3) is 6.08 Å². The summed E-state index contributed by atoms with van der Waals surface area (Å²) in [5.41, 5.74) is 1.21. The maximum atomic E-state index is 11.1. The molecule has 0 atom stereocenters. The molecule has 0 aromatic heterocycles. The zero-order chi connectivity index (χ0) is 8.55. The minimum absolute atomic E-state index is 0.398. The van der Waals surface area contributed by atoms with Crippen molar-refractivity contribution in [2.45, 2.75) is 0 Å². The second-order valence-electron chi connectivity index (χ2n) is 2.52. The first-order chi connectivity index (χ1) is 5.79. The monoisotopic (exact) mass is 160 g/mol. The Morgan fingerprint density at radius 3 is 2.67 bits per heavy atom. The van der Waals surface area contributed by atoms with E-state index >= 15 is 0 Å². The lowest BCUT2D eigenvalue weighted by Gasteiger charge is -1.98. The summed E-state index contributed by atoms with van der Waals surface area (Å²) in [5, 5.41) is 0. The highest BCUT2D eigenvalue weighted by molar-refractivity contribution is 5.91. The van der Waals surface area contributed by atoms with Gasteiger partial charge in [-0.25, -0.2) is 4.79 Å². The summed E-state index contributed by atoms with van der Waals surface area (Å²) in [6.07, 6.45) is 2.92. The van der Waals surface area contributed by atoms with E-state index in [2.05, 4.69) is 0 Å². The molecule has 3 nitrogen and oxygen atoms in total. The average molecular weight is 160 g/mol. The number of carbonyl (C=O) groups is 1. The van der Waals surface area contributed by atoms with Crippen molar-refractivity contribution in [1.29, 1.82) is 0 Å². The average Bonchev–Trinajstić information content (AvgIpc) is 2.12. The predicted molar refractivity (Wildman–Crippen MR) is 43.8 cm³/mol. The fourth-order valence-electron chi connectivity index (χ4n) is 1.16. The molecule has 0 fully saturated rings. The molecule has 1 aliphatic heterocycles. The lowest BCUT2D eigenvalue weighted by atomic mass is 10.1. The van der Waals surface area contributed by atoms with Crippen LogP contribution in [0.2, 0.25) is 0 Å². The fraction of sp³-hybridized carbons (Fsp3) is 0. The molecule has 1 heterocycles. The number of fused-ring (bicyclic) bond motifs is 1. The number of rotatable bonds is 0. The highest BCUT2D eigenvalue weighted by Gasteiger charge is 2.28. The molecule has 0 N–H and O–H groups in total. The summed E-state index contributed by atoms with van der Waals surface area (Å²) >= 11 is 0. The van der Waals surface area contributed by atoms with E-state index in [1.807, 2.05) is 6.07 Å². The summed E-state index contributed by atoms with van der Waals surface area (Å²) in [7, 11) is 0. The molecule has 2 rings (SSSR count). The van der Waals surface area contributed by atoms with Gasteiger partial charge in [0.05, 0.1) is 11.6 Å². The summed E-state index contributed by atoms with van der Waals surface area (Å²) < 4.78 is 0.398. The number of hydrogen-bond donors (Lipinski definition) is 0. The van der Waals surface area contributed by atoms with Gasteiger partial charge in [0.15, 0.2) is 0 Å². The Bertz CT molecular complexity index is 393. The molecule has 0 aliphatic carbocycles. The molecular formula is C9H6NO2+. The van der Waals surface area contributed by atoms with Crippen LogP contribution >= 0.6 is 0 Å². The number of nitroso groups, excluding NO2 is 1. The van der Waals surface area contributed by atoms with Crippen LogP contribution in [0.1, 0.15) is 5.56 Å². The third kappa shape index (κ3) is 0.871. The Morgan fingerprint density at radius 2 is 1.83 bits per heavy atom. The topological polar surface area (TPSA) is 37.1 Å². The Balaban J connectivity index is 2.67. The van der Waals surface area contributed by atoms with Gasteiger partial charge in [-0.05, 0) is 12.1 Å². The molecule has 1 aromatic carbocycles. The number of carbonyl (C=O) groups excluding carboxylic acids is 1.